The minimum atomic E-state index is -0.293. The summed E-state index contributed by atoms with van der Waals surface area (Å²) in [5.41, 5.74) is 3.04. The van der Waals surface area contributed by atoms with Crippen molar-refractivity contribution in [1.82, 2.24) is 0 Å². The van der Waals surface area contributed by atoms with E-state index in [-0.39, 0.29) is 11.9 Å². The molecule has 0 aliphatic carbocycles. The lowest BCUT2D eigenvalue weighted by molar-refractivity contribution is -0.890. The third kappa shape index (κ3) is 12.6. The maximum atomic E-state index is 12.5. The van der Waals surface area contributed by atoms with Crippen molar-refractivity contribution in [2.45, 2.75) is 65.2 Å². The first-order valence-electron chi connectivity index (χ1n) is 15.3. The van der Waals surface area contributed by atoms with Crippen molar-refractivity contribution in [3.63, 3.8) is 0 Å². The second kappa shape index (κ2) is 17.2. The molecule has 0 atom stereocenters. The van der Waals surface area contributed by atoms with Crippen LogP contribution in [0, 0.1) is 0 Å². The van der Waals surface area contributed by atoms with E-state index < -0.39 is 0 Å². The Balaban J connectivity index is 1.79. The molecule has 0 unspecified atom stereocenters. The normalized spacial score (nSPS) is 11.8. The van der Waals surface area contributed by atoms with Crippen LogP contribution in [0.15, 0.2) is 48.5 Å². The smallest absolute Gasteiger partial charge is 0.338 e. The molecule has 0 saturated heterocycles. The minimum absolute atomic E-state index is 0.293. The van der Waals surface area contributed by atoms with E-state index in [1.54, 1.807) is 24.3 Å². The molecule has 6 nitrogen and oxygen atoms in total. The average Bonchev–Trinajstić information content (AvgIpc) is 2.93. The molecule has 0 heterocycles. The van der Waals surface area contributed by atoms with Gasteiger partial charge in [0.15, 0.2) is 0 Å². The topological polar surface area (TPSA) is 52.6 Å². The Kier molecular flexibility index (Phi) is 14.4. The third-order valence-corrected chi connectivity index (χ3v) is 7.67. The van der Waals surface area contributed by atoms with Crippen LogP contribution in [0.2, 0.25) is 0 Å². The van der Waals surface area contributed by atoms with Gasteiger partial charge in [0.2, 0.25) is 0 Å². The summed E-state index contributed by atoms with van der Waals surface area (Å²) in [6.45, 7) is 9.07. The quantitative estimate of drug-likeness (QED) is 0.107. The van der Waals surface area contributed by atoms with Gasteiger partial charge in [0.25, 0.3) is 0 Å². The Bertz CT molecular complexity index is 930. The van der Waals surface area contributed by atoms with Gasteiger partial charge in [-0.1, -0.05) is 63.8 Å². The van der Waals surface area contributed by atoms with E-state index >= 15 is 0 Å². The SMILES string of the molecule is CCCCCC[N+](C)(C)CCOC(=O)c1ccc(-c2ccc(C(=O)OCC[N+](C)(C)CCCCCC)cc2)cc1. The maximum Gasteiger partial charge on any atom is 0.338 e. The van der Waals surface area contributed by atoms with Crippen molar-refractivity contribution in [3.05, 3.63) is 59.7 Å². The van der Waals surface area contributed by atoms with Crippen LogP contribution < -0.4 is 0 Å². The predicted octanol–water partition coefficient (Wildman–Crippen LogP) is 6.98. The molecule has 0 aliphatic rings. The van der Waals surface area contributed by atoms with Crippen LogP contribution in [0.5, 0.6) is 0 Å². The Morgan fingerprint density at radius 2 is 0.875 bits per heavy atom. The van der Waals surface area contributed by atoms with E-state index in [0.29, 0.717) is 24.3 Å². The van der Waals surface area contributed by atoms with E-state index in [1.165, 1.54) is 51.4 Å². The number of unbranched alkanes of at least 4 members (excludes halogenated alkanes) is 6. The lowest BCUT2D eigenvalue weighted by atomic mass is 10.0. The molecule has 0 amide bonds. The van der Waals surface area contributed by atoms with Crippen LogP contribution in [0.4, 0.5) is 0 Å². The van der Waals surface area contributed by atoms with Gasteiger partial charge < -0.3 is 18.4 Å². The zero-order chi connectivity index (χ0) is 29.4. The molecule has 0 fully saturated rings. The van der Waals surface area contributed by atoms with Crippen molar-refractivity contribution in [1.29, 1.82) is 0 Å². The van der Waals surface area contributed by atoms with Gasteiger partial charge in [-0.15, -0.1) is 0 Å². The molecule has 6 heteroatoms. The van der Waals surface area contributed by atoms with Crippen LogP contribution in [-0.4, -0.2) is 88.5 Å². The number of hydrogen-bond donors (Lipinski definition) is 0. The largest absolute Gasteiger partial charge is 0.456 e. The summed E-state index contributed by atoms with van der Waals surface area (Å²) < 4.78 is 12.8. The van der Waals surface area contributed by atoms with Gasteiger partial charge >= 0.3 is 11.9 Å². The van der Waals surface area contributed by atoms with Gasteiger partial charge in [-0.25, -0.2) is 9.59 Å². The standard InChI is InChI=1S/C34H54N2O4/c1-7-9-11-13-23-35(3,4)25-27-39-33(37)31-19-15-29(16-20-31)30-17-21-32(22-18-30)34(38)40-28-26-36(5,6)24-14-12-10-8-2/h15-22H,7-14,23-28H2,1-6H3/q+2. The first kappa shape index (κ1) is 33.5. The van der Waals surface area contributed by atoms with Crippen molar-refractivity contribution < 1.29 is 28.0 Å². The fourth-order valence-corrected chi connectivity index (χ4v) is 4.69. The molecule has 2 aromatic carbocycles. The van der Waals surface area contributed by atoms with Gasteiger partial charge in [0.05, 0.1) is 52.4 Å². The molecule has 0 aromatic heterocycles. The Morgan fingerprint density at radius 1 is 0.525 bits per heavy atom. The van der Waals surface area contributed by atoms with Crippen LogP contribution in [-0.2, 0) is 9.47 Å². The Hall–Kier alpha value is -2.70. The molecule has 2 aromatic rings. The summed E-state index contributed by atoms with van der Waals surface area (Å²) in [6.07, 6.45) is 9.95. The number of esters is 2. The van der Waals surface area contributed by atoms with E-state index in [1.807, 2.05) is 24.3 Å². The summed E-state index contributed by atoms with van der Waals surface area (Å²) in [7, 11) is 8.76. The summed E-state index contributed by atoms with van der Waals surface area (Å²) in [5, 5.41) is 0. The Labute approximate surface area is 243 Å². The summed E-state index contributed by atoms with van der Waals surface area (Å²) in [4.78, 5) is 25.1. The molecule has 0 radical (unpaired) electrons. The van der Waals surface area contributed by atoms with Gasteiger partial charge in [-0.3, -0.25) is 0 Å². The molecular formula is C34H54N2O4+2. The third-order valence-electron chi connectivity index (χ3n) is 7.67. The summed E-state index contributed by atoms with van der Waals surface area (Å²) in [5.74, 6) is -0.586. The molecule has 0 saturated carbocycles. The van der Waals surface area contributed by atoms with Crippen molar-refractivity contribution >= 4 is 11.9 Å². The highest BCUT2D eigenvalue weighted by molar-refractivity contribution is 5.91. The molecule has 0 N–H and O–H groups in total. The monoisotopic (exact) mass is 554 g/mol. The zero-order valence-corrected chi connectivity index (χ0v) is 26.0. The molecule has 0 spiro atoms. The van der Waals surface area contributed by atoms with Crippen LogP contribution in [0.1, 0.15) is 85.9 Å². The minimum Gasteiger partial charge on any atom is -0.456 e. The molecule has 222 valence electrons. The van der Waals surface area contributed by atoms with Crippen molar-refractivity contribution in [2.24, 2.45) is 0 Å². The zero-order valence-electron chi connectivity index (χ0n) is 26.0. The number of carbonyl (C=O) groups excluding carboxylic acids is 2. The fraction of sp³-hybridized carbons (Fsp3) is 0.588. The molecule has 2 rings (SSSR count). The summed E-state index contributed by atoms with van der Waals surface area (Å²) in [6, 6.07) is 14.9. The highest BCUT2D eigenvalue weighted by atomic mass is 16.5. The molecular weight excluding hydrogens is 500 g/mol. The van der Waals surface area contributed by atoms with Crippen molar-refractivity contribution in [2.75, 3.05) is 67.6 Å². The fourth-order valence-electron chi connectivity index (χ4n) is 4.69. The number of benzene rings is 2. The number of rotatable bonds is 19. The lowest BCUT2D eigenvalue weighted by Crippen LogP contribution is -2.43. The highest BCUT2D eigenvalue weighted by Crippen LogP contribution is 2.21. The molecule has 40 heavy (non-hydrogen) atoms. The molecule has 0 bridgehead atoms. The number of ether oxygens (including phenoxy) is 2. The van der Waals surface area contributed by atoms with Gasteiger partial charge in [-0.2, -0.15) is 0 Å². The van der Waals surface area contributed by atoms with Crippen LogP contribution in [0.25, 0.3) is 11.1 Å². The van der Waals surface area contributed by atoms with E-state index in [0.717, 1.165) is 46.3 Å². The number of quaternary nitrogens is 2. The number of nitrogens with zero attached hydrogens (tertiary/aromatic N) is 2. The van der Waals surface area contributed by atoms with Gasteiger partial charge in [-0.05, 0) is 61.1 Å². The second-order valence-electron chi connectivity index (χ2n) is 12.3. The lowest BCUT2D eigenvalue weighted by Gasteiger charge is -2.29. The number of likely N-dealkylation sites (N-methyl/N-ethyl adjacent to an activating group) is 2. The van der Waals surface area contributed by atoms with Crippen LogP contribution >= 0.6 is 0 Å². The number of hydrogen-bond acceptors (Lipinski definition) is 4. The number of carbonyl (C=O) groups is 2. The van der Waals surface area contributed by atoms with Gasteiger partial charge in [0, 0.05) is 0 Å². The van der Waals surface area contributed by atoms with E-state index in [4.69, 9.17) is 9.47 Å². The Morgan fingerprint density at radius 3 is 1.20 bits per heavy atom. The van der Waals surface area contributed by atoms with E-state index in [9.17, 15) is 9.59 Å². The maximum absolute atomic E-state index is 12.5. The highest BCUT2D eigenvalue weighted by Gasteiger charge is 2.18. The van der Waals surface area contributed by atoms with Crippen LogP contribution in [0.3, 0.4) is 0 Å². The first-order valence-corrected chi connectivity index (χ1v) is 15.3. The summed E-state index contributed by atoms with van der Waals surface area (Å²) >= 11 is 0. The van der Waals surface area contributed by atoms with Crippen molar-refractivity contribution in [3.8, 4) is 11.1 Å². The first-order chi connectivity index (χ1) is 19.1. The average molecular weight is 555 g/mol. The van der Waals surface area contributed by atoms with E-state index in [2.05, 4.69) is 42.0 Å². The van der Waals surface area contributed by atoms with Gasteiger partial charge in [0.1, 0.15) is 26.3 Å². The second-order valence-corrected chi connectivity index (χ2v) is 12.3. The molecule has 0 aliphatic heterocycles. The predicted molar refractivity (Wildman–Crippen MR) is 164 cm³/mol.